The number of nitrogens with one attached hydrogen (secondary N) is 5. The predicted octanol–water partition coefficient (Wildman–Crippen LogP) is 0.534. The summed E-state index contributed by atoms with van der Waals surface area (Å²) >= 11 is 0. The van der Waals surface area contributed by atoms with Gasteiger partial charge in [0, 0.05) is 24.2 Å². The average molecular weight is 289 g/mol. The number of hydrogen-bond donors (Lipinski definition) is 5. The van der Waals surface area contributed by atoms with E-state index >= 15 is 0 Å². The second-order valence-electron chi connectivity index (χ2n) is 5.46. The van der Waals surface area contributed by atoms with Crippen molar-refractivity contribution in [3.05, 3.63) is 47.9 Å². The van der Waals surface area contributed by atoms with E-state index in [-0.39, 0.29) is 11.3 Å². The van der Waals surface area contributed by atoms with Gasteiger partial charge in [0.25, 0.3) is 0 Å². The molecular weight excluding hydrogens is 262 g/mol. The van der Waals surface area contributed by atoms with Crippen molar-refractivity contribution in [2.45, 2.75) is 24.2 Å². The van der Waals surface area contributed by atoms with E-state index in [0.717, 1.165) is 24.2 Å². The van der Waals surface area contributed by atoms with Gasteiger partial charge in [0.15, 0.2) is 0 Å². The molecule has 2 aliphatic carbocycles. The fourth-order valence-electron chi connectivity index (χ4n) is 2.62. The molecule has 116 valence electrons. The molecule has 0 unspecified atom stereocenters. The van der Waals surface area contributed by atoms with Gasteiger partial charge in [0.05, 0.1) is 11.3 Å². The molecule has 0 aromatic heterocycles. The SMILES string of the molecule is CNC1(NC)C=CC(NC2=CCC(NC)(NC)C=C2)=CC1. The molecular formula is C16H27N5. The topological polar surface area (TPSA) is 60.1 Å². The highest BCUT2D eigenvalue weighted by molar-refractivity contribution is 5.35. The molecule has 0 aromatic rings. The minimum absolute atomic E-state index is 0.130. The number of rotatable bonds is 6. The highest BCUT2D eigenvalue weighted by Gasteiger charge is 2.25. The van der Waals surface area contributed by atoms with Crippen LogP contribution in [0.3, 0.4) is 0 Å². The molecule has 0 bridgehead atoms. The summed E-state index contributed by atoms with van der Waals surface area (Å²) in [6.45, 7) is 0. The molecule has 2 rings (SSSR count). The standard InChI is InChI=1S/C16H27N5/c1-17-15(18-2)9-5-13(6-10-15)21-14-7-11-16(19-3,20-4)12-8-14/h5-9,11,17-21H,10,12H2,1-4H3. The number of hydrogen-bond acceptors (Lipinski definition) is 5. The summed E-state index contributed by atoms with van der Waals surface area (Å²) in [7, 11) is 7.87. The van der Waals surface area contributed by atoms with Gasteiger partial charge in [-0.25, -0.2) is 0 Å². The summed E-state index contributed by atoms with van der Waals surface area (Å²) in [5, 5.41) is 16.7. The lowest BCUT2D eigenvalue weighted by Crippen LogP contribution is -2.53. The van der Waals surface area contributed by atoms with Crippen LogP contribution in [0, 0.1) is 0 Å². The van der Waals surface area contributed by atoms with Gasteiger partial charge in [0.1, 0.15) is 0 Å². The van der Waals surface area contributed by atoms with Gasteiger partial charge in [-0.05, 0) is 52.5 Å². The van der Waals surface area contributed by atoms with Crippen LogP contribution in [0.15, 0.2) is 47.9 Å². The first-order chi connectivity index (χ1) is 10.1. The Labute approximate surface area is 127 Å². The van der Waals surface area contributed by atoms with Crippen molar-refractivity contribution in [2.24, 2.45) is 0 Å². The Hall–Kier alpha value is -1.40. The third-order valence-electron chi connectivity index (χ3n) is 4.46. The van der Waals surface area contributed by atoms with Gasteiger partial charge in [-0.1, -0.05) is 12.2 Å². The molecule has 0 amide bonds. The van der Waals surface area contributed by atoms with Gasteiger partial charge in [0.2, 0.25) is 0 Å². The lowest BCUT2D eigenvalue weighted by molar-refractivity contribution is 0.372. The fraction of sp³-hybridized carbons (Fsp3) is 0.500. The highest BCUT2D eigenvalue weighted by atomic mass is 15.2. The molecule has 0 saturated heterocycles. The van der Waals surface area contributed by atoms with Crippen LogP contribution in [-0.2, 0) is 0 Å². The maximum atomic E-state index is 3.47. The Balaban J connectivity index is 1.97. The normalized spacial score (nSPS) is 22.7. The van der Waals surface area contributed by atoms with Crippen molar-refractivity contribution in [1.29, 1.82) is 0 Å². The van der Waals surface area contributed by atoms with Crippen LogP contribution in [0.25, 0.3) is 0 Å². The molecule has 21 heavy (non-hydrogen) atoms. The first kappa shape index (κ1) is 16.0. The van der Waals surface area contributed by atoms with Crippen LogP contribution in [0.4, 0.5) is 0 Å². The van der Waals surface area contributed by atoms with E-state index in [1.54, 1.807) is 0 Å². The summed E-state index contributed by atoms with van der Waals surface area (Å²) < 4.78 is 0. The van der Waals surface area contributed by atoms with Crippen molar-refractivity contribution in [1.82, 2.24) is 26.6 Å². The van der Waals surface area contributed by atoms with Gasteiger partial charge in [-0.3, -0.25) is 21.3 Å². The molecule has 0 heterocycles. The summed E-state index contributed by atoms with van der Waals surface area (Å²) in [5.74, 6) is 0. The number of allylic oxidation sites excluding steroid dienone is 2. The smallest absolute Gasteiger partial charge is 0.0914 e. The predicted molar refractivity (Wildman–Crippen MR) is 88.5 cm³/mol. The third-order valence-corrected chi connectivity index (χ3v) is 4.46. The minimum atomic E-state index is -0.130. The zero-order valence-corrected chi connectivity index (χ0v) is 13.4. The summed E-state index contributed by atoms with van der Waals surface area (Å²) in [5.41, 5.74) is 2.01. The van der Waals surface area contributed by atoms with E-state index in [2.05, 4.69) is 63.0 Å². The third kappa shape index (κ3) is 3.44. The van der Waals surface area contributed by atoms with Crippen molar-refractivity contribution < 1.29 is 0 Å². The van der Waals surface area contributed by atoms with E-state index in [1.807, 2.05) is 28.2 Å². The van der Waals surface area contributed by atoms with E-state index in [4.69, 9.17) is 0 Å². The van der Waals surface area contributed by atoms with Gasteiger partial charge in [-0.15, -0.1) is 0 Å². The second kappa shape index (κ2) is 6.58. The summed E-state index contributed by atoms with van der Waals surface area (Å²) in [6, 6.07) is 0. The fourth-order valence-corrected chi connectivity index (χ4v) is 2.62. The van der Waals surface area contributed by atoms with Crippen molar-refractivity contribution in [3.8, 4) is 0 Å². The molecule has 0 aliphatic heterocycles. The Kier molecular flexibility index (Phi) is 5.00. The Morgan fingerprint density at radius 1 is 0.714 bits per heavy atom. The van der Waals surface area contributed by atoms with Crippen LogP contribution in [0.2, 0.25) is 0 Å². The molecule has 5 heteroatoms. The maximum Gasteiger partial charge on any atom is 0.0914 e. The van der Waals surface area contributed by atoms with Gasteiger partial charge < -0.3 is 5.32 Å². The molecule has 2 aliphatic rings. The first-order valence-corrected chi connectivity index (χ1v) is 7.42. The van der Waals surface area contributed by atoms with E-state index in [9.17, 15) is 0 Å². The van der Waals surface area contributed by atoms with Gasteiger partial charge >= 0.3 is 0 Å². The quantitative estimate of drug-likeness (QED) is 0.462. The van der Waals surface area contributed by atoms with Crippen LogP contribution in [0.1, 0.15) is 12.8 Å². The average Bonchev–Trinajstić information content (AvgIpc) is 2.57. The van der Waals surface area contributed by atoms with Crippen molar-refractivity contribution in [3.63, 3.8) is 0 Å². The molecule has 0 atom stereocenters. The summed E-state index contributed by atoms with van der Waals surface area (Å²) in [4.78, 5) is 0. The largest absolute Gasteiger partial charge is 0.356 e. The lowest BCUT2D eigenvalue weighted by Gasteiger charge is -2.33. The molecule has 0 spiro atoms. The first-order valence-electron chi connectivity index (χ1n) is 7.42. The Bertz CT molecular complexity index is 435. The molecule has 0 radical (unpaired) electrons. The van der Waals surface area contributed by atoms with Crippen LogP contribution in [-0.4, -0.2) is 39.5 Å². The molecule has 0 fully saturated rings. The van der Waals surface area contributed by atoms with E-state index in [1.165, 1.54) is 0 Å². The lowest BCUT2D eigenvalue weighted by atomic mass is 9.98. The van der Waals surface area contributed by atoms with Crippen molar-refractivity contribution >= 4 is 0 Å². The molecule has 0 aromatic carbocycles. The monoisotopic (exact) mass is 289 g/mol. The molecule has 0 saturated carbocycles. The Morgan fingerprint density at radius 3 is 1.33 bits per heavy atom. The van der Waals surface area contributed by atoms with Crippen LogP contribution >= 0.6 is 0 Å². The minimum Gasteiger partial charge on any atom is -0.356 e. The van der Waals surface area contributed by atoms with E-state index < -0.39 is 0 Å². The maximum absolute atomic E-state index is 3.47. The molecule has 5 N–H and O–H groups in total. The van der Waals surface area contributed by atoms with E-state index in [0.29, 0.717) is 0 Å². The summed E-state index contributed by atoms with van der Waals surface area (Å²) in [6.07, 6.45) is 14.8. The Morgan fingerprint density at radius 2 is 1.10 bits per heavy atom. The van der Waals surface area contributed by atoms with Crippen LogP contribution in [0.5, 0.6) is 0 Å². The molecule has 5 nitrogen and oxygen atoms in total. The van der Waals surface area contributed by atoms with Crippen LogP contribution < -0.4 is 26.6 Å². The zero-order chi connectivity index (χ0) is 15.3. The second-order valence-corrected chi connectivity index (χ2v) is 5.46. The number of likely N-dealkylation sites (N-methyl/N-ethyl adjacent to an activating group) is 4. The highest BCUT2D eigenvalue weighted by Crippen LogP contribution is 2.20. The van der Waals surface area contributed by atoms with Gasteiger partial charge in [-0.2, -0.15) is 0 Å². The van der Waals surface area contributed by atoms with Crippen molar-refractivity contribution in [2.75, 3.05) is 28.2 Å². The zero-order valence-electron chi connectivity index (χ0n) is 13.4.